The summed E-state index contributed by atoms with van der Waals surface area (Å²) in [7, 11) is 0. The third kappa shape index (κ3) is 2.66. The van der Waals surface area contributed by atoms with E-state index < -0.39 is 0 Å². The lowest BCUT2D eigenvalue weighted by Gasteiger charge is -2.23. The van der Waals surface area contributed by atoms with Crippen molar-refractivity contribution in [2.75, 3.05) is 6.54 Å². The molecule has 54 valence electrons. The van der Waals surface area contributed by atoms with E-state index in [0.29, 0.717) is 5.41 Å². The van der Waals surface area contributed by atoms with Gasteiger partial charge in [-0.1, -0.05) is 19.9 Å². The van der Waals surface area contributed by atoms with Crippen molar-refractivity contribution in [1.82, 2.24) is 0 Å². The van der Waals surface area contributed by atoms with E-state index in [1.54, 1.807) is 0 Å². The molecular formula is C8H17N. The molecule has 0 heterocycles. The maximum atomic E-state index is 5.56. The molecule has 0 aliphatic carbocycles. The average Bonchev–Trinajstić information content (AvgIpc) is 1.89. The van der Waals surface area contributed by atoms with Crippen molar-refractivity contribution in [2.24, 2.45) is 11.1 Å². The second-order valence-corrected chi connectivity index (χ2v) is 2.86. The minimum atomic E-state index is 0.293. The number of hydrogen-bond acceptors (Lipinski definition) is 1. The van der Waals surface area contributed by atoms with Gasteiger partial charge in [0.1, 0.15) is 0 Å². The van der Waals surface area contributed by atoms with E-state index in [9.17, 15) is 0 Å². The van der Waals surface area contributed by atoms with Gasteiger partial charge in [0, 0.05) is 0 Å². The number of rotatable bonds is 4. The Morgan fingerprint density at radius 1 is 1.67 bits per heavy atom. The van der Waals surface area contributed by atoms with Crippen LogP contribution in [0.25, 0.3) is 0 Å². The zero-order valence-corrected chi connectivity index (χ0v) is 6.48. The van der Waals surface area contributed by atoms with Gasteiger partial charge >= 0.3 is 0 Å². The van der Waals surface area contributed by atoms with E-state index in [4.69, 9.17) is 5.73 Å². The van der Waals surface area contributed by atoms with E-state index in [0.717, 1.165) is 19.4 Å². The Bertz CT molecular complexity index is 82.6. The first-order valence-electron chi connectivity index (χ1n) is 3.49. The van der Waals surface area contributed by atoms with E-state index >= 15 is 0 Å². The molecule has 0 aromatic carbocycles. The fourth-order valence-corrected chi connectivity index (χ4v) is 0.720. The molecule has 0 rings (SSSR count). The summed E-state index contributed by atoms with van der Waals surface area (Å²) in [6.45, 7) is 8.80. The van der Waals surface area contributed by atoms with Crippen molar-refractivity contribution in [3.05, 3.63) is 12.7 Å². The predicted octanol–water partition coefficient (Wildman–Crippen LogP) is 1.94. The zero-order chi connectivity index (χ0) is 7.33. The molecule has 2 N–H and O–H groups in total. The summed E-state index contributed by atoms with van der Waals surface area (Å²) in [4.78, 5) is 0. The highest BCUT2D eigenvalue weighted by atomic mass is 14.6. The normalized spacial score (nSPS) is 16.8. The SMILES string of the molecule is C=CCC(C)(CC)CN. The summed E-state index contributed by atoms with van der Waals surface area (Å²) >= 11 is 0. The Morgan fingerprint density at radius 2 is 2.22 bits per heavy atom. The largest absolute Gasteiger partial charge is 0.330 e. The van der Waals surface area contributed by atoms with Gasteiger partial charge < -0.3 is 5.73 Å². The average molecular weight is 127 g/mol. The highest BCUT2D eigenvalue weighted by Gasteiger charge is 2.16. The maximum absolute atomic E-state index is 5.56. The first-order valence-corrected chi connectivity index (χ1v) is 3.49. The van der Waals surface area contributed by atoms with Crippen LogP contribution < -0.4 is 5.73 Å². The molecule has 0 aromatic heterocycles. The van der Waals surface area contributed by atoms with Crippen LogP contribution in [-0.4, -0.2) is 6.54 Å². The van der Waals surface area contributed by atoms with Gasteiger partial charge in [0.15, 0.2) is 0 Å². The lowest BCUT2D eigenvalue weighted by atomic mass is 9.84. The van der Waals surface area contributed by atoms with Gasteiger partial charge in [-0.15, -0.1) is 6.58 Å². The van der Waals surface area contributed by atoms with E-state index in [-0.39, 0.29) is 0 Å². The molecule has 0 fully saturated rings. The van der Waals surface area contributed by atoms with Crippen molar-refractivity contribution in [3.63, 3.8) is 0 Å². The monoisotopic (exact) mass is 127 g/mol. The highest BCUT2D eigenvalue weighted by molar-refractivity contribution is 4.82. The van der Waals surface area contributed by atoms with Crippen LogP contribution in [0.5, 0.6) is 0 Å². The molecule has 0 spiro atoms. The van der Waals surface area contributed by atoms with Gasteiger partial charge in [0.05, 0.1) is 0 Å². The van der Waals surface area contributed by atoms with E-state index in [2.05, 4.69) is 20.4 Å². The molecule has 0 aromatic rings. The molecule has 0 saturated carbocycles. The van der Waals surface area contributed by atoms with Crippen molar-refractivity contribution in [1.29, 1.82) is 0 Å². The van der Waals surface area contributed by atoms with Crippen LogP contribution >= 0.6 is 0 Å². The predicted molar refractivity (Wildman–Crippen MR) is 42.3 cm³/mol. The maximum Gasteiger partial charge on any atom is -0.00203 e. The molecule has 0 bridgehead atoms. The van der Waals surface area contributed by atoms with Crippen LogP contribution in [0.4, 0.5) is 0 Å². The summed E-state index contributed by atoms with van der Waals surface area (Å²) in [5.41, 5.74) is 5.85. The quantitative estimate of drug-likeness (QED) is 0.574. The van der Waals surface area contributed by atoms with Crippen LogP contribution in [0.2, 0.25) is 0 Å². The summed E-state index contributed by atoms with van der Waals surface area (Å²) in [5.74, 6) is 0. The third-order valence-corrected chi connectivity index (χ3v) is 1.98. The molecule has 1 unspecified atom stereocenters. The number of allylic oxidation sites excluding steroid dienone is 1. The van der Waals surface area contributed by atoms with Gasteiger partial charge in [-0.25, -0.2) is 0 Å². The summed E-state index contributed by atoms with van der Waals surface area (Å²) in [6.07, 6.45) is 4.10. The van der Waals surface area contributed by atoms with Crippen LogP contribution in [0.3, 0.4) is 0 Å². The van der Waals surface area contributed by atoms with E-state index in [1.165, 1.54) is 0 Å². The Kier molecular flexibility index (Phi) is 3.55. The first kappa shape index (κ1) is 8.70. The third-order valence-electron chi connectivity index (χ3n) is 1.98. The van der Waals surface area contributed by atoms with Crippen molar-refractivity contribution in [2.45, 2.75) is 26.7 Å². The van der Waals surface area contributed by atoms with Crippen molar-refractivity contribution < 1.29 is 0 Å². The number of hydrogen-bond donors (Lipinski definition) is 1. The molecular weight excluding hydrogens is 110 g/mol. The highest BCUT2D eigenvalue weighted by Crippen LogP contribution is 2.23. The van der Waals surface area contributed by atoms with Gasteiger partial charge in [-0.05, 0) is 24.8 Å². The van der Waals surface area contributed by atoms with Crippen molar-refractivity contribution in [3.8, 4) is 0 Å². The topological polar surface area (TPSA) is 26.0 Å². The van der Waals surface area contributed by atoms with Crippen LogP contribution in [-0.2, 0) is 0 Å². The lowest BCUT2D eigenvalue weighted by molar-refractivity contribution is 0.328. The molecule has 0 amide bonds. The van der Waals surface area contributed by atoms with Gasteiger partial charge in [0.2, 0.25) is 0 Å². The smallest absolute Gasteiger partial charge is 0.00203 e. The molecule has 0 radical (unpaired) electrons. The van der Waals surface area contributed by atoms with Gasteiger partial charge in [-0.3, -0.25) is 0 Å². The Balaban J connectivity index is 3.75. The second-order valence-electron chi connectivity index (χ2n) is 2.86. The van der Waals surface area contributed by atoms with Crippen molar-refractivity contribution >= 4 is 0 Å². The summed E-state index contributed by atoms with van der Waals surface area (Å²) in [5, 5.41) is 0. The Hall–Kier alpha value is -0.300. The summed E-state index contributed by atoms with van der Waals surface area (Å²) in [6, 6.07) is 0. The number of nitrogens with two attached hydrogens (primary N) is 1. The Labute approximate surface area is 57.9 Å². The fourth-order valence-electron chi connectivity index (χ4n) is 0.720. The van der Waals surface area contributed by atoms with E-state index in [1.807, 2.05) is 6.08 Å². The first-order chi connectivity index (χ1) is 4.18. The Morgan fingerprint density at radius 3 is 2.33 bits per heavy atom. The second kappa shape index (κ2) is 3.67. The standard InChI is InChI=1S/C8H17N/c1-4-6-8(3,5-2)7-9/h4H,1,5-7,9H2,2-3H3. The van der Waals surface area contributed by atoms with Crippen LogP contribution in [0.15, 0.2) is 12.7 Å². The molecule has 1 nitrogen and oxygen atoms in total. The van der Waals surface area contributed by atoms with Gasteiger partial charge in [0.25, 0.3) is 0 Å². The summed E-state index contributed by atoms with van der Waals surface area (Å²) < 4.78 is 0. The van der Waals surface area contributed by atoms with Crippen LogP contribution in [0, 0.1) is 5.41 Å². The molecule has 0 saturated heterocycles. The molecule has 1 heteroatoms. The minimum Gasteiger partial charge on any atom is -0.330 e. The molecule has 0 aliphatic rings. The molecule has 9 heavy (non-hydrogen) atoms. The fraction of sp³-hybridized carbons (Fsp3) is 0.750. The lowest BCUT2D eigenvalue weighted by Crippen LogP contribution is -2.25. The molecule has 0 aliphatic heterocycles. The minimum absolute atomic E-state index is 0.293. The van der Waals surface area contributed by atoms with Crippen LogP contribution in [0.1, 0.15) is 26.7 Å². The molecule has 1 atom stereocenters. The zero-order valence-electron chi connectivity index (χ0n) is 6.48. The van der Waals surface area contributed by atoms with Gasteiger partial charge in [-0.2, -0.15) is 0 Å².